The van der Waals surface area contributed by atoms with E-state index in [1.54, 1.807) is 19.1 Å². The van der Waals surface area contributed by atoms with Crippen molar-refractivity contribution in [3.8, 4) is 0 Å². The van der Waals surface area contributed by atoms with Crippen molar-refractivity contribution in [2.75, 3.05) is 0 Å². The van der Waals surface area contributed by atoms with Gasteiger partial charge in [-0.3, -0.25) is 0 Å². The number of aliphatic hydroxyl groups is 1. The lowest BCUT2D eigenvalue weighted by Gasteiger charge is -2.30. The predicted octanol–water partition coefficient (Wildman–Crippen LogP) is 3.93. The molecule has 0 bridgehead atoms. The first kappa shape index (κ1) is 13.7. The van der Waals surface area contributed by atoms with Crippen LogP contribution in [0, 0.1) is 11.7 Å². The van der Waals surface area contributed by atoms with Gasteiger partial charge >= 0.3 is 0 Å². The van der Waals surface area contributed by atoms with Crippen molar-refractivity contribution in [2.24, 2.45) is 5.92 Å². The highest BCUT2D eigenvalue weighted by atomic mass is 79.9. The summed E-state index contributed by atoms with van der Waals surface area (Å²) < 4.78 is 14.4. The van der Waals surface area contributed by atoms with E-state index in [1.165, 1.54) is 6.07 Å². The topological polar surface area (TPSA) is 20.2 Å². The number of halogens is 2. The van der Waals surface area contributed by atoms with E-state index in [2.05, 4.69) is 15.9 Å². The van der Waals surface area contributed by atoms with Gasteiger partial charge in [0.2, 0.25) is 0 Å². The Kier molecular flexibility index (Phi) is 4.51. The van der Waals surface area contributed by atoms with E-state index in [-0.39, 0.29) is 11.7 Å². The van der Waals surface area contributed by atoms with Crippen molar-refractivity contribution in [3.05, 3.63) is 34.1 Å². The summed E-state index contributed by atoms with van der Waals surface area (Å²) in [6, 6.07) is 4.81. The molecule has 0 saturated carbocycles. The van der Waals surface area contributed by atoms with E-state index in [0.29, 0.717) is 12.0 Å². The van der Waals surface area contributed by atoms with Crippen molar-refractivity contribution in [2.45, 2.75) is 39.2 Å². The van der Waals surface area contributed by atoms with Crippen LogP contribution in [0.25, 0.3) is 0 Å². The molecule has 2 unspecified atom stereocenters. The summed E-state index contributed by atoms with van der Waals surface area (Å²) in [7, 11) is 0. The third kappa shape index (κ3) is 3.29. The number of rotatable bonds is 4. The molecule has 0 saturated heterocycles. The predicted molar refractivity (Wildman–Crippen MR) is 67.9 cm³/mol. The first-order valence-electron chi connectivity index (χ1n) is 5.53. The van der Waals surface area contributed by atoms with Crippen molar-refractivity contribution >= 4 is 15.9 Å². The summed E-state index contributed by atoms with van der Waals surface area (Å²) in [5, 5.41) is 10.3. The van der Waals surface area contributed by atoms with Crippen LogP contribution in [0.3, 0.4) is 0 Å². The van der Waals surface area contributed by atoms with E-state index in [0.717, 1.165) is 10.9 Å². The summed E-state index contributed by atoms with van der Waals surface area (Å²) in [6.45, 7) is 5.77. The van der Waals surface area contributed by atoms with Crippen LogP contribution in [0.2, 0.25) is 0 Å². The van der Waals surface area contributed by atoms with E-state index in [1.807, 2.05) is 13.8 Å². The molecule has 0 aromatic heterocycles. The van der Waals surface area contributed by atoms with Crippen molar-refractivity contribution in [3.63, 3.8) is 0 Å². The summed E-state index contributed by atoms with van der Waals surface area (Å²) in [4.78, 5) is 0. The Hall–Kier alpha value is -0.410. The number of benzene rings is 1. The highest BCUT2D eigenvalue weighted by molar-refractivity contribution is 9.10. The van der Waals surface area contributed by atoms with Gasteiger partial charge in [0.25, 0.3) is 0 Å². The van der Waals surface area contributed by atoms with Crippen molar-refractivity contribution in [1.82, 2.24) is 0 Å². The van der Waals surface area contributed by atoms with E-state index < -0.39 is 5.60 Å². The van der Waals surface area contributed by atoms with Crippen LogP contribution in [0.1, 0.15) is 32.8 Å². The molecule has 0 aliphatic rings. The average molecular weight is 289 g/mol. The van der Waals surface area contributed by atoms with Crippen molar-refractivity contribution < 1.29 is 9.50 Å². The zero-order valence-electron chi connectivity index (χ0n) is 9.93. The lowest BCUT2D eigenvalue weighted by atomic mass is 9.83. The van der Waals surface area contributed by atoms with E-state index in [9.17, 15) is 9.50 Å². The average Bonchev–Trinajstić information content (AvgIpc) is 2.22. The summed E-state index contributed by atoms with van der Waals surface area (Å²) >= 11 is 3.31. The first-order valence-corrected chi connectivity index (χ1v) is 6.32. The third-order valence-corrected chi connectivity index (χ3v) is 3.72. The van der Waals surface area contributed by atoms with Gasteiger partial charge in [0, 0.05) is 10.9 Å². The molecule has 2 atom stereocenters. The second-order valence-corrected chi connectivity index (χ2v) is 5.49. The minimum Gasteiger partial charge on any atom is -0.390 e. The third-order valence-electron chi connectivity index (χ3n) is 3.23. The molecule has 1 aromatic rings. The molecule has 1 N–H and O–H groups in total. The van der Waals surface area contributed by atoms with Crippen LogP contribution in [0.5, 0.6) is 0 Å². The molecule has 0 spiro atoms. The molecule has 1 nitrogen and oxygen atoms in total. The molecule has 3 heteroatoms. The van der Waals surface area contributed by atoms with E-state index >= 15 is 0 Å². The van der Waals surface area contributed by atoms with Gasteiger partial charge in [0.15, 0.2) is 0 Å². The number of hydrogen-bond acceptors (Lipinski definition) is 1. The van der Waals surface area contributed by atoms with Crippen LogP contribution in [0.15, 0.2) is 22.7 Å². The maximum atomic E-state index is 13.5. The summed E-state index contributed by atoms with van der Waals surface area (Å²) in [6.07, 6.45) is 1.22. The lowest BCUT2D eigenvalue weighted by molar-refractivity contribution is 0.00446. The quantitative estimate of drug-likeness (QED) is 0.890. The molecule has 0 aliphatic heterocycles. The number of hydrogen-bond donors (Lipinski definition) is 1. The Balaban J connectivity index is 2.91. The van der Waals surface area contributed by atoms with Gasteiger partial charge in [-0.25, -0.2) is 4.39 Å². The molecular formula is C13H18BrFO. The smallest absolute Gasteiger partial charge is 0.126 e. The standard InChI is InChI=1S/C13H18BrFO/c1-4-9(2)13(3,16)8-10-7-11(14)5-6-12(10)15/h5-7,9,16H,4,8H2,1-3H3. The summed E-state index contributed by atoms with van der Waals surface area (Å²) in [5.74, 6) is -0.113. The van der Waals surface area contributed by atoms with Gasteiger partial charge in [0.1, 0.15) is 5.82 Å². The first-order chi connectivity index (χ1) is 7.36. The SMILES string of the molecule is CCC(C)C(C)(O)Cc1cc(Br)ccc1F. The van der Waals surface area contributed by atoms with Crippen LogP contribution < -0.4 is 0 Å². The molecule has 1 rings (SSSR count). The van der Waals surface area contributed by atoms with Crippen molar-refractivity contribution in [1.29, 1.82) is 0 Å². The minimum atomic E-state index is -0.865. The maximum Gasteiger partial charge on any atom is 0.126 e. The molecule has 0 heterocycles. The highest BCUT2D eigenvalue weighted by Crippen LogP contribution is 2.27. The van der Waals surface area contributed by atoms with E-state index in [4.69, 9.17) is 0 Å². The second kappa shape index (κ2) is 5.28. The fraction of sp³-hybridized carbons (Fsp3) is 0.538. The second-order valence-electron chi connectivity index (χ2n) is 4.58. The molecule has 0 radical (unpaired) electrons. The summed E-state index contributed by atoms with van der Waals surface area (Å²) in [5.41, 5.74) is -0.309. The molecule has 0 aliphatic carbocycles. The van der Waals surface area contributed by atoms with Gasteiger partial charge < -0.3 is 5.11 Å². The van der Waals surface area contributed by atoms with Gasteiger partial charge in [-0.2, -0.15) is 0 Å². The Labute approximate surface area is 105 Å². The van der Waals surface area contributed by atoms with Gasteiger partial charge in [-0.05, 0) is 36.6 Å². The fourth-order valence-corrected chi connectivity index (χ4v) is 2.09. The Bertz CT molecular complexity index is 363. The molecule has 0 fully saturated rings. The normalized spacial score (nSPS) is 16.9. The molecule has 90 valence electrons. The molecule has 1 aromatic carbocycles. The highest BCUT2D eigenvalue weighted by Gasteiger charge is 2.28. The largest absolute Gasteiger partial charge is 0.390 e. The van der Waals surface area contributed by atoms with Crippen LogP contribution >= 0.6 is 15.9 Å². The van der Waals surface area contributed by atoms with Crippen LogP contribution in [-0.4, -0.2) is 10.7 Å². The molecular weight excluding hydrogens is 271 g/mol. The lowest BCUT2D eigenvalue weighted by Crippen LogP contribution is -2.35. The Morgan fingerprint density at radius 3 is 2.69 bits per heavy atom. The van der Waals surface area contributed by atoms with Gasteiger partial charge in [-0.15, -0.1) is 0 Å². The Morgan fingerprint density at radius 1 is 1.50 bits per heavy atom. The fourth-order valence-electron chi connectivity index (χ4n) is 1.68. The Morgan fingerprint density at radius 2 is 2.12 bits per heavy atom. The van der Waals surface area contributed by atoms with Crippen LogP contribution in [0.4, 0.5) is 4.39 Å². The minimum absolute atomic E-state index is 0.144. The monoisotopic (exact) mass is 288 g/mol. The van der Waals surface area contributed by atoms with Gasteiger partial charge in [0.05, 0.1) is 5.60 Å². The molecule has 16 heavy (non-hydrogen) atoms. The van der Waals surface area contributed by atoms with Crippen LogP contribution in [-0.2, 0) is 6.42 Å². The molecule has 0 amide bonds. The zero-order valence-corrected chi connectivity index (χ0v) is 11.5. The zero-order chi connectivity index (χ0) is 12.3. The van der Waals surface area contributed by atoms with Gasteiger partial charge in [-0.1, -0.05) is 36.2 Å². The maximum absolute atomic E-state index is 13.5.